The van der Waals surface area contributed by atoms with Crippen molar-refractivity contribution < 1.29 is 0 Å². The smallest absolute Gasteiger partial charge is 0.314 e. The molecular weight excluding hydrogens is 194 g/mol. The first-order chi connectivity index (χ1) is 7.13. The molecule has 0 aliphatic heterocycles. The van der Waals surface area contributed by atoms with Gasteiger partial charge in [-0.05, 0) is 19.4 Å². The van der Waals surface area contributed by atoms with Gasteiger partial charge in [0.25, 0.3) is 5.56 Å². The first-order valence-corrected chi connectivity index (χ1v) is 4.49. The fraction of sp³-hybridized carbons (Fsp3) is 0.300. The Hall–Kier alpha value is -2.09. The molecule has 2 N–H and O–H groups in total. The number of rotatable bonds is 3. The molecule has 1 rings (SSSR count). The summed E-state index contributed by atoms with van der Waals surface area (Å²) in [5, 5.41) is 8.38. The van der Waals surface area contributed by atoms with Gasteiger partial charge >= 0.3 is 5.69 Å². The van der Waals surface area contributed by atoms with Crippen molar-refractivity contribution in [1.82, 2.24) is 9.97 Å². The first-order valence-electron chi connectivity index (χ1n) is 4.49. The number of allylic oxidation sites excluding steroid dienone is 1. The van der Waals surface area contributed by atoms with Crippen LogP contribution in [0.3, 0.4) is 0 Å². The summed E-state index contributed by atoms with van der Waals surface area (Å²) in [6.07, 6.45) is 4.06. The van der Waals surface area contributed by atoms with Crippen LogP contribution in [0.1, 0.15) is 25.3 Å². The fourth-order valence-electron chi connectivity index (χ4n) is 1.12. The molecule has 0 bridgehead atoms. The average molecular weight is 205 g/mol. The van der Waals surface area contributed by atoms with E-state index in [0.717, 1.165) is 5.57 Å². The first kappa shape index (κ1) is 11.0. The lowest BCUT2D eigenvalue weighted by Crippen LogP contribution is -2.22. The molecule has 0 saturated carbocycles. The predicted molar refractivity (Wildman–Crippen MR) is 56.2 cm³/mol. The highest BCUT2D eigenvalue weighted by atomic mass is 16.2. The van der Waals surface area contributed by atoms with E-state index in [1.807, 2.05) is 13.0 Å². The molecular formula is C10H11N3O2. The van der Waals surface area contributed by atoms with Crippen LogP contribution < -0.4 is 11.2 Å². The second-order valence-electron chi connectivity index (χ2n) is 3.18. The Morgan fingerprint density at radius 3 is 2.93 bits per heavy atom. The molecule has 0 fully saturated rings. The van der Waals surface area contributed by atoms with Crippen LogP contribution in [-0.2, 0) is 0 Å². The van der Waals surface area contributed by atoms with Crippen LogP contribution in [0.5, 0.6) is 0 Å². The molecule has 0 aromatic carbocycles. The van der Waals surface area contributed by atoms with Gasteiger partial charge in [0, 0.05) is 12.6 Å². The SMILES string of the molecule is C/C(=C\c1c[nH]c(=O)[nH]c1=O)CCC#N. The van der Waals surface area contributed by atoms with E-state index in [9.17, 15) is 9.59 Å². The van der Waals surface area contributed by atoms with E-state index in [2.05, 4.69) is 9.97 Å². The number of hydrogen-bond acceptors (Lipinski definition) is 3. The van der Waals surface area contributed by atoms with Gasteiger partial charge in [-0.2, -0.15) is 5.26 Å². The number of aromatic nitrogens is 2. The van der Waals surface area contributed by atoms with Crippen LogP contribution in [0.4, 0.5) is 0 Å². The molecule has 0 aliphatic carbocycles. The molecule has 0 spiro atoms. The van der Waals surface area contributed by atoms with Crippen LogP contribution in [0, 0.1) is 11.3 Å². The maximum atomic E-state index is 11.3. The van der Waals surface area contributed by atoms with Gasteiger partial charge in [0.15, 0.2) is 0 Å². The maximum absolute atomic E-state index is 11.3. The number of nitriles is 1. The number of hydrogen-bond donors (Lipinski definition) is 2. The van der Waals surface area contributed by atoms with Gasteiger partial charge < -0.3 is 4.98 Å². The van der Waals surface area contributed by atoms with E-state index in [4.69, 9.17) is 5.26 Å². The number of H-pyrrole nitrogens is 2. The second-order valence-corrected chi connectivity index (χ2v) is 3.18. The topological polar surface area (TPSA) is 89.5 Å². The Morgan fingerprint density at radius 1 is 1.60 bits per heavy atom. The van der Waals surface area contributed by atoms with Gasteiger partial charge in [-0.3, -0.25) is 9.78 Å². The van der Waals surface area contributed by atoms with E-state index < -0.39 is 11.2 Å². The normalized spacial score (nSPS) is 11.1. The average Bonchev–Trinajstić information content (AvgIpc) is 2.19. The molecule has 5 heteroatoms. The quantitative estimate of drug-likeness (QED) is 0.763. The van der Waals surface area contributed by atoms with Crippen molar-refractivity contribution in [2.24, 2.45) is 0 Å². The van der Waals surface area contributed by atoms with Crippen LogP contribution in [0.25, 0.3) is 6.08 Å². The molecule has 0 atom stereocenters. The Morgan fingerprint density at radius 2 is 2.33 bits per heavy atom. The second kappa shape index (κ2) is 4.96. The van der Waals surface area contributed by atoms with Crippen molar-refractivity contribution in [2.45, 2.75) is 19.8 Å². The highest BCUT2D eigenvalue weighted by Gasteiger charge is 1.97. The van der Waals surface area contributed by atoms with E-state index in [1.165, 1.54) is 6.20 Å². The van der Waals surface area contributed by atoms with Gasteiger partial charge in [-0.15, -0.1) is 0 Å². The third-order valence-corrected chi connectivity index (χ3v) is 1.88. The van der Waals surface area contributed by atoms with Crippen molar-refractivity contribution in [3.8, 4) is 6.07 Å². The Bertz CT molecular complexity index is 516. The largest absolute Gasteiger partial charge is 0.325 e. The Balaban J connectivity index is 2.94. The minimum Gasteiger partial charge on any atom is -0.314 e. The van der Waals surface area contributed by atoms with Gasteiger partial charge in [-0.1, -0.05) is 5.57 Å². The zero-order valence-electron chi connectivity index (χ0n) is 8.33. The molecule has 1 aromatic rings. The van der Waals surface area contributed by atoms with Crippen molar-refractivity contribution >= 4 is 6.08 Å². The summed E-state index contributed by atoms with van der Waals surface area (Å²) in [5.41, 5.74) is 0.376. The molecule has 0 aliphatic rings. The fourth-order valence-corrected chi connectivity index (χ4v) is 1.12. The van der Waals surface area contributed by atoms with Gasteiger partial charge in [0.1, 0.15) is 0 Å². The molecule has 0 saturated heterocycles. The molecule has 15 heavy (non-hydrogen) atoms. The van der Waals surface area contributed by atoms with Crippen LogP contribution in [0.2, 0.25) is 0 Å². The molecule has 1 heterocycles. The monoisotopic (exact) mass is 205 g/mol. The van der Waals surface area contributed by atoms with E-state index >= 15 is 0 Å². The summed E-state index contributed by atoms with van der Waals surface area (Å²) in [7, 11) is 0. The van der Waals surface area contributed by atoms with Gasteiger partial charge in [0.2, 0.25) is 0 Å². The summed E-state index contributed by atoms with van der Waals surface area (Å²) < 4.78 is 0. The van der Waals surface area contributed by atoms with E-state index in [-0.39, 0.29) is 0 Å². The van der Waals surface area contributed by atoms with Crippen molar-refractivity contribution in [2.75, 3.05) is 0 Å². The number of nitrogens with zero attached hydrogens (tertiary/aromatic N) is 1. The number of aromatic amines is 2. The summed E-state index contributed by atoms with van der Waals surface area (Å²) in [6, 6.07) is 2.02. The molecule has 0 radical (unpaired) electrons. The highest BCUT2D eigenvalue weighted by Crippen LogP contribution is 2.06. The molecule has 1 aromatic heterocycles. The van der Waals surface area contributed by atoms with Crippen molar-refractivity contribution in [1.29, 1.82) is 5.26 Å². The van der Waals surface area contributed by atoms with Gasteiger partial charge in [-0.25, -0.2) is 4.79 Å². The van der Waals surface area contributed by atoms with E-state index in [1.54, 1.807) is 6.08 Å². The lowest BCUT2D eigenvalue weighted by molar-refractivity contribution is 0.989. The molecule has 78 valence electrons. The van der Waals surface area contributed by atoms with Crippen molar-refractivity contribution in [3.05, 3.63) is 38.2 Å². The van der Waals surface area contributed by atoms with Gasteiger partial charge in [0.05, 0.1) is 11.6 Å². The third-order valence-electron chi connectivity index (χ3n) is 1.88. The minimum absolute atomic E-state index is 0.394. The Labute approximate surface area is 86.1 Å². The van der Waals surface area contributed by atoms with Crippen molar-refractivity contribution in [3.63, 3.8) is 0 Å². The predicted octanol–water partition coefficient (Wildman–Crippen LogP) is 0.770. The summed E-state index contributed by atoms with van der Waals surface area (Å²) in [6.45, 7) is 1.84. The standard InChI is InChI=1S/C10H11N3O2/c1-7(3-2-4-11)5-8-6-12-10(15)13-9(8)14/h5-6H,2-3H2,1H3,(H2,12,13,14,15)/b7-5+. The van der Waals surface area contributed by atoms with Crippen LogP contribution >= 0.6 is 0 Å². The molecule has 5 nitrogen and oxygen atoms in total. The Kier molecular flexibility index (Phi) is 3.63. The lowest BCUT2D eigenvalue weighted by Gasteiger charge is -1.96. The molecule has 0 unspecified atom stereocenters. The maximum Gasteiger partial charge on any atom is 0.325 e. The minimum atomic E-state index is -0.521. The van der Waals surface area contributed by atoms with Crippen LogP contribution in [-0.4, -0.2) is 9.97 Å². The summed E-state index contributed by atoms with van der Waals surface area (Å²) in [5.74, 6) is 0. The zero-order chi connectivity index (χ0) is 11.3. The molecule has 0 amide bonds. The lowest BCUT2D eigenvalue weighted by atomic mass is 10.1. The zero-order valence-corrected chi connectivity index (χ0v) is 8.33. The summed E-state index contributed by atoms with van der Waals surface area (Å²) in [4.78, 5) is 26.5. The number of nitrogens with one attached hydrogen (secondary N) is 2. The van der Waals surface area contributed by atoms with E-state index in [0.29, 0.717) is 18.4 Å². The third kappa shape index (κ3) is 3.27. The van der Waals surface area contributed by atoms with Crippen LogP contribution in [0.15, 0.2) is 21.4 Å². The summed E-state index contributed by atoms with van der Waals surface area (Å²) >= 11 is 0. The highest BCUT2D eigenvalue weighted by molar-refractivity contribution is 5.49.